The van der Waals surface area contributed by atoms with Gasteiger partial charge in [0.25, 0.3) is 0 Å². The molecule has 15 heavy (non-hydrogen) atoms. The molecule has 4 N–H and O–H groups in total. The third-order valence-electron chi connectivity index (χ3n) is 3.52. The first-order valence-corrected chi connectivity index (χ1v) is 5.76. The van der Waals surface area contributed by atoms with Crippen LogP contribution in [-0.2, 0) is 4.79 Å². The molecule has 1 heterocycles. The van der Waals surface area contributed by atoms with E-state index in [1.807, 2.05) is 6.92 Å². The third kappa shape index (κ3) is 3.47. The average molecular weight is 213 g/mol. The number of carbonyl (C=O) groups excluding carboxylic acids is 1. The van der Waals surface area contributed by atoms with Gasteiger partial charge in [0, 0.05) is 19.0 Å². The third-order valence-corrected chi connectivity index (χ3v) is 3.52. The fourth-order valence-corrected chi connectivity index (χ4v) is 2.17. The van der Waals surface area contributed by atoms with Crippen molar-refractivity contribution in [1.29, 1.82) is 0 Å². The molecule has 0 aromatic carbocycles. The fourth-order valence-electron chi connectivity index (χ4n) is 2.17. The van der Waals surface area contributed by atoms with E-state index in [4.69, 9.17) is 11.5 Å². The first kappa shape index (κ1) is 12.5. The van der Waals surface area contributed by atoms with Gasteiger partial charge >= 0.3 is 0 Å². The van der Waals surface area contributed by atoms with Crippen LogP contribution in [0.15, 0.2) is 0 Å². The van der Waals surface area contributed by atoms with Crippen LogP contribution in [-0.4, -0.2) is 37.0 Å². The lowest BCUT2D eigenvalue weighted by Gasteiger charge is -2.37. The Bertz CT molecular complexity index is 220. The molecular formula is C11H23N3O. The van der Waals surface area contributed by atoms with Gasteiger partial charge in [-0.1, -0.05) is 13.8 Å². The highest BCUT2D eigenvalue weighted by molar-refractivity contribution is 5.76. The molecule has 0 aromatic rings. The average Bonchev–Trinajstić information content (AvgIpc) is 2.20. The van der Waals surface area contributed by atoms with Crippen molar-refractivity contribution in [3.63, 3.8) is 0 Å². The Morgan fingerprint density at radius 1 is 1.60 bits per heavy atom. The van der Waals surface area contributed by atoms with Crippen molar-refractivity contribution in [2.75, 3.05) is 26.2 Å². The summed E-state index contributed by atoms with van der Waals surface area (Å²) in [6.45, 7) is 7.73. The van der Waals surface area contributed by atoms with Crippen molar-refractivity contribution < 1.29 is 4.79 Å². The van der Waals surface area contributed by atoms with Gasteiger partial charge in [-0.15, -0.1) is 0 Å². The van der Waals surface area contributed by atoms with Gasteiger partial charge in [-0.3, -0.25) is 4.79 Å². The van der Waals surface area contributed by atoms with Crippen molar-refractivity contribution >= 4 is 5.91 Å². The number of amides is 1. The summed E-state index contributed by atoms with van der Waals surface area (Å²) < 4.78 is 0. The maximum atomic E-state index is 11.0. The summed E-state index contributed by atoms with van der Waals surface area (Å²) in [6, 6.07) is 0. The van der Waals surface area contributed by atoms with Gasteiger partial charge in [0.2, 0.25) is 5.91 Å². The Labute approximate surface area is 92.0 Å². The Hall–Kier alpha value is -0.610. The van der Waals surface area contributed by atoms with Gasteiger partial charge in [0.15, 0.2) is 0 Å². The molecule has 0 radical (unpaired) electrons. The fraction of sp³-hybridized carbons (Fsp3) is 0.909. The highest BCUT2D eigenvalue weighted by Crippen LogP contribution is 2.22. The summed E-state index contributed by atoms with van der Waals surface area (Å²) >= 11 is 0. The van der Waals surface area contributed by atoms with E-state index in [9.17, 15) is 4.79 Å². The zero-order valence-corrected chi connectivity index (χ0v) is 9.78. The molecule has 3 unspecified atom stereocenters. The normalized spacial score (nSPS) is 30.1. The van der Waals surface area contributed by atoms with Crippen molar-refractivity contribution in [3.8, 4) is 0 Å². The SMILES string of the molecule is CC(CN1CCC(C)C(CN)C1)C(N)=O. The van der Waals surface area contributed by atoms with E-state index in [2.05, 4.69) is 11.8 Å². The maximum absolute atomic E-state index is 11.0. The molecule has 4 heteroatoms. The van der Waals surface area contributed by atoms with Crippen LogP contribution < -0.4 is 11.5 Å². The Morgan fingerprint density at radius 3 is 2.80 bits per heavy atom. The molecule has 1 aliphatic heterocycles. The number of nitrogens with zero attached hydrogens (tertiary/aromatic N) is 1. The van der Waals surface area contributed by atoms with Crippen molar-refractivity contribution in [2.45, 2.75) is 20.3 Å². The maximum Gasteiger partial charge on any atom is 0.221 e. The zero-order chi connectivity index (χ0) is 11.4. The topological polar surface area (TPSA) is 72.3 Å². The predicted octanol–water partition coefficient (Wildman–Crippen LogP) is 0.0245. The minimum absolute atomic E-state index is 0.0585. The summed E-state index contributed by atoms with van der Waals surface area (Å²) in [4.78, 5) is 13.3. The lowest BCUT2D eigenvalue weighted by molar-refractivity contribution is -0.122. The number of hydrogen-bond donors (Lipinski definition) is 2. The largest absolute Gasteiger partial charge is 0.369 e. The first-order valence-electron chi connectivity index (χ1n) is 5.76. The second-order valence-corrected chi connectivity index (χ2v) is 4.82. The molecule has 0 spiro atoms. The quantitative estimate of drug-likeness (QED) is 0.692. The van der Waals surface area contributed by atoms with Crippen molar-refractivity contribution in [3.05, 3.63) is 0 Å². The smallest absolute Gasteiger partial charge is 0.221 e. The van der Waals surface area contributed by atoms with Crippen molar-refractivity contribution in [1.82, 2.24) is 4.90 Å². The first-order chi connectivity index (χ1) is 7.04. The van der Waals surface area contributed by atoms with Gasteiger partial charge in [0.05, 0.1) is 0 Å². The molecule has 0 aromatic heterocycles. The molecule has 88 valence electrons. The lowest BCUT2D eigenvalue weighted by Crippen LogP contribution is -2.45. The van der Waals surface area contributed by atoms with E-state index in [-0.39, 0.29) is 11.8 Å². The molecule has 0 bridgehead atoms. The van der Waals surface area contributed by atoms with Crippen LogP contribution in [0.1, 0.15) is 20.3 Å². The van der Waals surface area contributed by atoms with Gasteiger partial charge < -0.3 is 16.4 Å². The summed E-state index contributed by atoms with van der Waals surface area (Å²) in [7, 11) is 0. The van der Waals surface area contributed by atoms with E-state index >= 15 is 0 Å². The van der Waals surface area contributed by atoms with Crippen LogP contribution in [0.4, 0.5) is 0 Å². The number of primary amides is 1. The number of piperidine rings is 1. The molecule has 3 atom stereocenters. The molecule has 1 saturated heterocycles. The minimum atomic E-state index is -0.210. The highest BCUT2D eigenvalue weighted by atomic mass is 16.1. The summed E-state index contributed by atoms with van der Waals surface area (Å²) in [5.74, 6) is 1.00. The number of nitrogens with two attached hydrogens (primary N) is 2. The Balaban J connectivity index is 2.41. The van der Waals surface area contributed by atoms with E-state index in [0.29, 0.717) is 11.8 Å². The van der Waals surface area contributed by atoms with Crippen LogP contribution in [0, 0.1) is 17.8 Å². The predicted molar refractivity (Wildman–Crippen MR) is 61.1 cm³/mol. The van der Waals surface area contributed by atoms with Gasteiger partial charge in [-0.05, 0) is 31.3 Å². The number of hydrogen-bond acceptors (Lipinski definition) is 3. The zero-order valence-electron chi connectivity index (χ0n) is 9.78. The van der Waals surface area contributed by atoms with Crippen LogP contribution in [0.5, 0.6) is 0 Å². The van der Waals surface area contributed by atoms with Gasteiger partial charge in [0.1, 0.15) is 0 Å². The molecule has 1 rings (SSSR count). The molecule has 1 aliphatic rings. The monoisotopic (exact) mass is 213 g/mol. The minimum Gasteiger partial charge on any atom is -0.369 e. The molecule has 1 fully saturated rings. The van der Waals surface area contributed by atoms with Crippen molar-refractivity contribution in [2.24, 2.45) is 29.2 Å². The lowest BCUT2D eigenvalue weighted by atomic mass is 9.87. The number of rotatable bonds is 4. The number of likely N-dealkylation sites (tertiary alicyclic amines) is 1. The standard InChI is InChI=1S/C11H23N3O/c1-8-3-4-14(7-10(8)5-12)6-9(2)11(13)15/h8-10H,3-7,12H2,1-2H3,(H2,13,15). The van der Waals surface area contributed by atoms with E-state index in [0.717, 1.165) is 26.2 Å². The van der Waals surface area contributed by atoms with E-state index < -0.39 is 0 Å². The molecule has 0 saturated carbocycles. The molecule has 1 amide bonds. The van der Waals surface area contributed by atoms with E-state index in [1.165, 1.54) is 6.42 Å². The Kier molecular flexibility index (Phi) is 4.54. The molecule has 0 aliphatic carbocycles. The summed E-state index contributed by atoms with van der Waals surface area (Å²) in [6.07, 6.45) is 1.17. The van der Waals surface area contributed by atoms with Crippen LogP contribution in [0.2, 0.25) is 0 Å². The summed E-state index contributed by atoms with van der Waals surface area (Å²) in [5.41, 5.74) is 11.0. The summed E-state index contributed by atoms with van der Waals surface area (Å²) in [5, 5.41) is 0. The number of carbonyl (C=O) groups is 1. The Morgan fingerprint density at radius 2 is 2.27 bits per heavy atom. The van der Waals surface area contributed by atoms with Gasteiger partial charge in [-0.25, -0.2) is 0 Å². The second kappa shape index (κ2) is 5.47. The van der Waals surface area contributed by atoms with Gasteiger partial charge in [-0.2, -0.15) is 0 Å². The van der Waals surface area contributed by atoms with Crippen LogP contribution in [0.25, 0.3) is 0 Å². The molecular weight excluding hydrogens is 190 g/mol. The highest BCUT2D eigenvalue weighted by Gasteiger charge is 2.26. The van der Waals surface area contributed by atoms with Crippen LogP contribution >= 0.6 is 0 Å². The van der Waals surface area contributed by atoms with Crippen LogP contribution in [0.3, 0.4) is 0 Å². The second-order valence-electron chi connectivity index (χ2n) is 4.82. The van der Waals surface area contributed by atoms with E-state index in [1.54, 1.807) is 0 Å². The molecule has 4 nitrogen and oxygen atoms in total.